The van der Waals surface area contributed by atoms with Crippen LogP contribution in [0.1, 0.15) is 41.8 Å². The number of nitrogens with two attached hydrogens (primary N) is 1. The van der Waals surface area contributed by atoms with Crippen molar-refractivity contribution in [1.82, 2.24) is 5.32 Å². The van der Waals surface area contributed by atoms with Gasteiger partial charge in [-0.15, -0.1) is 0 Å². The van der Waals surface area contributed by atoms with Crippen molar-refractivity contribution in [3.05, 3.63) is 35.6 Å². The van der Waals surface area contributed by atoms with Gasteiger partial charge in [0.05, 0.1) is 11.7 Å². The summed E-state index contributed by atoms with van der Waals surface area (Å²) in [5, 5.41) is 6.20. The van der Waals surface area contributed by atoms with Gasteiger partial charge in [0, 0.05) is 25.1 Å². The lowest BCUT2D eigenvalue weighted by Gasteiger charge is -2.11. The summed E-state index contributed by atoms with van der Waals surface area (Å²) < 4.78 is 17.2. The smallest absolute Gasteiger partial charge is 0.287 e. The van der Waals surface area contributed by atoms with E-state index in [1.165, 1.54) is 0 Å². The van der Waals surface area contributed by atoms with Gasteiger partial charge in [-0.05, 0) is 31.7 Å². The van der Waals surface area contributed by atoms with E-state index in [0.717, 1.165) is 62.0 Å². The van der Waals surface area contributed by atoms with Crippen molar-refractivity contribution in [3.8, 4) is 0 Å². The van der Waals surface area contributed by atoms with Crippen LogP contribution in [0.3, 0.4) is 0 Å². The molecule has 1 amide bonds. The second-order valence-corrected chi connectivity index (χ2v) is 7.11. The Morgan fingerprint density at radius 1 is 1.12 bits per heavy atom. The summed E-state index contributed by atoms with van der Waals surface area (Å²) in [6.07, 6.45) is 4.78. The van der Waals surface area contributed by atoms with Crippen LogP contribution in [-0.2, 0) is 16.0 Å². The van der Waals surface area contributed by atoms with Crippen molar-refractivity contribution >= 4 is 16.9 Å². The van der Waals surface area contributed by atoms with E-state index in [0.29, 0.717) is 25.0 Å². The summed E-state index contributed by atoms with van der Waals surface area (Å²) >= 11 is 0. The molecule has 2 saturated heterocycles. The molecule has 1 aromatic carbocycles. The minimum absolute atomic E-state index is 0.123. The molecule has 0 spiro atoms. The molecule has 140 valence electrons. The molecule has 2 atom stereocenters. The number of hydrogen-bond donors (Lipinski definition) is 2. The first-order valence-electron chi connectivity index (χ1n) is 9.65. The summed E-state index contributed by atoms with van der Waals surface area (Å²) in [5.74, 6) is 0.269. The number of nitrogens with one attached hydrogen (secondary N) is 1. The van der Waals surface area contributed by atoms with Crippen LogP contribution in [0.4, 0.5) is 0 Å². The number of carbonyl (C=O) groups excluding carboxylic acids is 1. The Kier molecular flexibility index (Phi) is 5.53. The van der Waals surface area contributed by atoms with E-state index in [2.05, 4.69) is 10.6 Å². The Hall–Kier alpha value is -1.89. The fourth-order valence-corrected chi connectivity index (χ4v) is 3.82. The van der Waals surface area contributed by atoms with Crippen molar-refractivity contribution in [2.45, 2.75) is 44.4 Å². The standard InChI is InChI=1S/C20H26N2O4/c23-20(22-12-15-6-4-10-25-15)19-17(13-21-11-14-5-3-9-24-14)16-7-1-2-8-18(16)26-19/h1-2,7-8,14-15,21H,3-6,9-13H2,(H,22,23)/p+1/t14-,15+/m0/s1. The first-order valence-corrected chi connectivity index (χ1v) is 9.65. The van der Waals surface area contributed by atoms with Crippen LogP contribution in [0.15, 0.2) is 28.7 Å². The highest BCUT2D eigenvalue weighted by molar-refractivity contribution is 5.99. The Bertz CT molecular complexity index is 745. The van der Waals surface area contributed by atoms with Crippen LogP contribution in [-0.4, -0.2) is 44.4 Å². The minimum atomic E-state index is -0.155. The molecule has 0 saturated carbocycles. The van der Waals surface area contributed by atoms with E-state index in [9.17, 15) is 4.79 Å². The molecule has 2 aliphatic rings. The van der Waals surface area contributed by atoms with Crippen molar-refractivity contribution in [2.24, 2.45) is 0 Å². The number of carbonyl (C=O) groups is 1. The number of ether oxygens (including phenoxy) is 2. The number of quaternary nitrogens is 1. The summed E-state index contributed by atoms with van der Waals surface area (Å²) in [6, 6.07) is 7.84. The summed E-state index contributed by atoms with van der Waals surface area (Å²) in [5.41, 5.74) is 1.72. The topological polar surface area (TPSA) is 77.3 Å². The number of benzene rings is 1. The van der Waals surface area contributed by atoms with E-state index in [1.54, 1.807) is 0 Å². The van der Waals surface area contributed by atoms with Crippen LogP contribution in [0, 0.1) is 0 Å². The van der Waals surface area contributed by atoms with E-state index in [1.807, 2.05) is 24.3 Å². The van der Waals surface area contributed by atoms with E-state index in [-0.39, 0.29) is 12.0 Å². The molecule has 4 rings (SSSR count). The summed E-state index contributed by atoms with van der Waals surface area (Å²) in [6.45, 7) is 3.81. The molecular weight excluding hydrogens is 332 g/mol. The molecular formula is C20H27N2O4+. The lowest BCUT2D eigenvalue weighted by atomic mass is 10.1. The minimum Gasteiger partial charge on any atom is -0.450 e. The number of fused-ring (bicyclic) bond motifs is 1. The molecule has 6 heteroatoms. The van der Waals surface area contributed by atoms with Gasteiger partial charge in [0.15, 0.2) is 0 Å². The Morgan fingerprint density at radius 2 is 1.88 bits per heavy atom. The second kappa shape index (κ2) is 8.20. The maximum Gasteiger partial charge on any atom is 0.287 e. The Balaban J connectivity index is 1.46. The predicted octanol–water partition coefficient (Wildman–Crippen LogP) is 1.58. The van der Waals surface area contributed by atoms with Crippen LogP contribution >= 0.6 is 0 Å². The zero-order valence-electron chi connectivity index (χ0n) is 15.0. The number of amides is 1. The fraction of sp³-hybridized carbons (Fsp3) is 0.550. The average molecular weight is 359 g/mol. The van der Waals surface area contributed by atoms with Crippen molar-refractivity contribution in [2.75, 3.05) is 26.3 Å². The first kappa shape index (κ1) is 17.5. The lowest BCUT2D eigenvalue weighted by molar-refractivity contribution is -0.676. The molecule has 0 bridgehead atoms. The molecule has 3 heterocycles. The average Bonchev–Trinajstić information content (AvgIpc) is 3.41. The molecule has 2 aromatic rings. The highest BCUT2D eigenvalue weighted by Gasteiger charge is 2.24. The Morgan fingerprint density at radius 3 is 2.65 bits per heavy atom. The summed E-state index contributed by atoms with van der Waals surface area (Å²) in [7, 11) is 0. The van der Waals surface area contributed by atoms with Gasteiger partial charge in [-0.1, -0.05) is 18.2 Å². The van der Waals surface area contributed by atoms with Crippen LogP contribution in [0.5, 0.6) is 0 Å². The highest BCUT2D eigenvalue weighted by atomic mass is 16.5. The van der Waals surface area contributed by atoms with E-state index >= 15 is 0 Å². The van der Waals surface area contributed by atoms with Gasteiger partial charge in [-0.25, -0.2) is 0 Å². The van der Waals surface area contributed by atoms with Gasteiger partial charge in [0.2, 0.25) is 5.76 Å². The largest absolute Gasteiger partial charge is 0.450 e. The van der Waals surface area contributed by atoms with Gasteiger partial charge in [-0.3, -0.25) is 4.79 Å². The molecule has 26 heavy (non-hydrogen) atoms. The Labute approximate surface area is 153 Å². The van der Waals surface area contributed by atoms with Crippen LogP contribution in [0.25, 0.3) is 11.0 Å². The lowest BCUT2D eigenvalue weighted by Crippen LogP contribution is -2.84. The molecule has 2 fully saturated rings. The summed E-state index contributed by atoms with van der Waals surface area (Å²) in [4.78, 5) is 12.7. The van der Waals surface area contributed by atoms with Crippen LogP contribution in [0.2, 0.25) is 0 Å². The van der Waals surface area contributed by atoms with Gasteiger partial charge >= 0.3 is 0 Å². The molecule has 0 unspecified atom stereocenters. The molecule has 0 radical (unpaired) electrons. The predicted molar refractivity (Wildman–Crippen MR) is 97.0 cm³/mol. The zero-order chi connectivity index (χ0) is 17.8. The molecule has 2 aliphatic heterocycles. The highest BCUT2D eigenvalue weighted by Crippen LogP contribution is 2.25. The van der Waals surface area contributed by atoms with Gasteiger partial charge < -0.3 is 24.5 Å². The van der Waals surface area contributed by atoms with E-state index in [4.69, 9.17) is 13.9 Å². The number of rotatable bonds is 7. The maximum absolute atomic E-state index is 12.7. The van der Waals surface area contributed by atoms with Gasteiger partial charge in [-0.2, -0.15) is 0 Å². The monoisotopic (exact) mass is 359 g/mol. The van der Waals surface area contributed by atoms with Crippen molar-refractivity contribution < 1.29 is 24.0 Å². The van der Waals surface area contributed by atoms with Crippen LogP contribution < -0.4 is 10.6 Å². The van der Waals surface area contributed by atoms with Crippen molar-refractivity contribution in [1.29, 1.82) is 0 Å². The van der Waals surface area contributed by atoms with Gasteiger partial charge in [0.1, 0.15) is 24.8 Å². The van der Waals surface area contributed by atoms with E-state index < -0.39 is 0 Å². The number of para-hydroxylation sites is 1. The fourth-order valence-electron chi connectivity index (χ4n) is 3.82. The third-order valence-electron chi connectivity index (χ3n) is 5.22. The molecule has 0 aliphatic carbocycles. The number of furan rings is 1. The zero-order valence-corrected chi connectivity index (χ0v) is 15.0. The molecule has 3 N–H and O–H groups in total. The van der Waals surface area contributed by atoms with Gasteiger partial charge in [0.25, 0.3) is 5.91 Å². The normalized spacial score (nSPS) is 22.9. The number of hydrogen-bond acceptors (Lipinski definition) is 4. The molecule has 1 aromatic heterocycles. The first-order chi connectivity index (χ1) is 12.8. The molecule has 6 nitrogen and oxygen atoms in total. The third kappa shape index (κ3) is 3.92. The quantitative estimate of drug-likeness (QED) is 0.787. The third-order valence-corrected chi connectivity index (χ3v) is 5.22. The van der Waals surface area contributed by atoms with Crippen molar-refractivity contribution in [3.63, 3.8) is 0 Å². The maximum atomic E-state index is 12.7. The SMILES string of the molecule is O=C(NC[C@H]1CCCO1)c1oc2ccccc2c1C[NH2+]C[C@@H]1CCCO1. The second-order valence-electron chi connectivity index (χ2n) is 7.11.